The van der Waals surface area contributed by atoms with Crippen molar-refractivity contribution in [3.8, 4) is 0 Å². The van der Waals surface area contributed by atoms with Crippen molar-refractivity contribution in [1.29, 1.82) is 0 Å². The first kappa shape index (κ1) is 29.0. The van der Waals surface area contributed by atoms with Crippen LogP contribution in [0.1, 0.15) is 114 Å². The van der Waals surface area contributed by atoms with Crippen LogP contribution in [-0.2, 0) is 30.5 Å². The van der Waals surface area contributed by atoms with Gasteiger partial charge < -0.3 is 0 Å². The Morgan fingerprint density at radius 2 is 1.46 bits per heavy atom. The molecule has 0 heterocycles. The Morgan fingerprint density at radius 1 is 0.769 bits per heavy atom. The summed E-state index contributed by atoms with van der Waals surface area (Å²) in [6.07, 6.45) is 14.0. The Balaban J connectivity index is 1.29. The van der Waals surface area contributed by atoms with E-state index in [-0.39, 0.29) is 5.78 Å². The number of carbonyl (C=O) groups is 2. The van der Waals surface area contributed by atoms with Crippen LogP contribution in [0.3, 0.4) is 0 Å². The molecule has 2 nitrogen and oxygen atoms in total. The van der Waals surface area contributed by atoms with Gasteiger partial charge in [0.15, 0.2) is 5.78 Å². The second kappa shape index (κ2) is 14.4. The minimum atomic E-state index is 0.184. The fourth-order valence-electron chi connectivity index (χ4n) is 6.09. The van der Waals surface area contributed by atoms with Crippen LogP contribution in [0.25, 0.3) is 0 Å². The molecule has 0 saturated heterocycles. The Bertz CT molecular complexity index is 1240. The molecule has 0 aromatic heterocycles. The third kappa shape index (κ3) is 8.75. The largest absolute Gasteiger partial charge is 0.299 e. The molecule has 0 atom stereocenters. The minimum absolute atomic E-state index is 0.184. The molecule has 0 spiro atoms. The lowest BCUT2D eigenvalue weighted by Crippen LogP contribution is -2.09. The number of hydrogen-bond donors (Lipinski definition) is 0. The lowest BCUT2D eigenvalue weighted by atomic mass is 9.84. The summed E-state index contributed by atoms with van der Waals surface area (Å²) in [5.41, 5.74) is 9.62. The highest BCUT2D eigenvalue weighted by molar-refractivity contribution is 5.96. The van der Waals surface area contributed by atoms with Crippen LogP contribution in [0, 0.1) is 19.8 Å². The van der Waals surface area contributed by atoms with Crippen molar-refractivity contribution in [2.75, 3.05) is 0 Å². The average Bonchev–Trinajstić information content (AvgIpc) is 2.95. The molecule has 1 aliphatic rings. The van der Waals surface area contributed by atoms with E-state index in [9.17, 15) is 9.59 Å². The standard InChI is InChI=1S/C37H46O2/c1-4-37(39)34-15-9-13-32(25-34)24-31-18-16-30(17-19-31)20-21-36(38)26-35-23-28(3)27(2)22-33(35)14-8-12-29-10-6-5-7-11-29/h9,13,15-19,22-23,25,29H,4-8,10-12,14,20-21,24,26H2,1-3H3. The smallest absolute Gasteiger partial charge is 0.162 e. The topological polar surface area (TPSA) is 34.1 Å². The van der Waals surface area contributed by atoms with Gasteiger partial charge in [0, 0.05) is 24.8 Å². The molecule has 1 fully saturated rings. The molecule has 39 heavy (non-hydrogen) atoms. The molecule has 1 aliphatic carbocycles. The van der Waals surface area contributed by atoms with E-state index >= 15 is 0 Å². The van der Waals surface area contributed by atoms with Crippen molar-refractivity contribution in [3.63, 3.8) is 0 Å². The highest BCUT2D eigenvalue weighted by Crippen LogP contribution is 2.28. The van der Waals surface area contributed by atoms with E-state index < -0.39 is 0 Å². The number of hydrogen-bond acceptors (Lipinski definition) is 2. The average molecular weight is 523 g/mol. The minimum Gasteiger partial charge on any atom is -0.299 e. The Labute approximate surface area is 236 Å². The van der Waals surface area contributed by atoms with Gasteiger partial charge in [0.1, 0.15) is 5.78 Å². The summed E-state index contributed by atoms with van der Waals surface area (Å²) in [4.78, 5) is 25.1. The second-order valence-electron chi connectivity index (χ2n) is 11.8. The molecule has 4 rings (SSSR count). The van der Waals surface area contributed by atoms with Gasteiger partial charge in [0.25, 0.3) is 0 Å². The Kier molecular flexibility index (Phi) is 10.7. The summed E-state index contributed by atoms with van der Waals surface area (Å²) in [6.45, 7) is 6.25. The van der Waals surface area contributed by atoms with Gasteiger partial charge in [-0.3, -0.25) is 9.59 Å². The van der Waals surface area contributed by atoms with Crippen molar-refractivity contribution >= 4 is 11.6 Å². The molecule has 0 radical (unpaired) electrons. The van der Waals surface area contributed by atoms with E-state index in [0.29, 0.717) is 25.0 Å². The lowest BCUT2D eigenvalue weighted by Gasteiger charge is -2.21. The van der Waals surface area contributed by atoms with E-state index in [1.165, 1.54) is 78.3 Å². The summed E-state index contributed by atoms with van der Waals surface area (Å²) in [7, 11) is 0. The van der Waals surface area contributed by atoms with Gasteiger partial charge in [-0.2, -0.15) is 0 Å². The molecule has 1 saturated carbocycles. The van der Waals surface area contributed by atoms with Crippen LogP contribution in [0.4, 0.5) is 0 Å². The molecule has 2 heteroatoms. The maximum Gasteiger partial charge on any atom is 0.162 e. The van der Waals surface area contributed by atoms with Gasteiger partial charge in [-0.15, -0.1) is 0 Å². The van der Waals surface area contributed by atoms with Crippen molar-refractivity contribution in [2.45, 2.75) is 104 Å². The first-order chi connectivity index (χ1) is 18.9. The normalized spacial score (nSPS) is 13.9. The summed E-state index contributed by atoms with van der Waals surface area (Å²) in [6, 6.07) is 21.2. The van der Waals surface area contributed by atoms with Crippen LogP contribution in [0.15, 0.2) is 60.7 Å². The lowest BCUT2D eigenvalue weighted by molar-refractivity contribution is -0.118. The fourth-order valence-corrected chi connectivity index (χ4v) is 6.09. The molecule has 3 aromatic carbocycles. The number of rotatable bonds is 13. The fraction of sp³-hybridized carbons (Fsp3) is 0.459. The van der Waals surface area contributed by atoms with Gasteiger partial charge in [-0.25, -0.2) is 0 Å². The molecule has 0 N–H and O–H groups in total. The highest BCUT2D eigenvalue weighted by atomic mass is 16.1. The highest BCUT2D eigenvalue weighted by Gasteiger charge is 2.15. The zero-order valence-corrected chi connectivity index (χ0v) is 24.4. The predicted molar refractivity (Wildman–Crippen MR) is 163 cm³/mol. The Hall–Kier alpha value is -3.00. The monoisotopic (exact) mass is 522 g/mol. The van der Waals surface area contributed by atoms with E-state index in [2.05, 4.69) is 56.3 Å². The first-order valence-corrected chi connectivity index (χ1v) is 15.2. The quantitative estimate of drug-likeness (QED) is 0.210. The predicted octanol–water partition coefficient (Wildman–Crippen LogP) is 9.13. The van der Waals surface area contributed by atoms with Crippen LogP contribution >= 0.6 is 0 Å². The van der Waals surface area contributed by atoms with E-state index in [4.69, 9.17) is 0 Å². The first-order valence-electron chi connectivity index (χ1n) is 15.2. The summed E-state index contributed by atoms with van der Waals surface area (Å²) in [5.74, 6) is 1.43. The summed E-state index contributed by atoms with van der Waals surface area (Å²) in [5, 5.41) is 0. The van der Waals surface area contributed by atoms with Gasteiger partial charge in [-0.05, 0) is 90.5 Å². The van der Waals surface area contributed by atoms with Crippen molar-refractivity contribution in [1.82, 2.24) is 0 Å². The second-order valence-corrected chi connectivity index (χ2v) is 11.8. The van der Waals surface area contributed by atoms with Gasteiger partial charge in [-0.1, -0.05) is 100 Å². The summed E-state index contributed by atoms with van der Waals surface area (Å²) < 4.78 is 0. The zero-order valence-electron chi connectivity index (χ0n) is 24.4. The number of Topliss-reactive ketones (excluding diaryl/α,β-unsaturated/α-hetero) is 2. The third-order valence-corrected chi connectivity index (χ3v) is 8.68. The molecule has 0 unspecified atom stereocenters. The van der Waals surface area contributed by atoms with Crippen molar-refractivity contribution < 1.29 is 9.59 Å². The number of aryl methyl sites for hydroxylation is 4. The molecule has 3 aromatic rings. The van der Waals surface area contributed by atoms with Gasteiger partial charge >= 0.3 is 0 Å². The number of carbonyl (C=O) groups excluding carboxylic acids is 2. The van der Waals surface area contributed by atoms with E-state index in [0.717, 1.165) is 36.3 Å². The molecular formula is C37H46O2. The molecule has 0 amide bonds. The number of benzene rings is 3. The molecule has 0 aliphatic heterocycles. The van der Waals surface area contributed by atoms with Crippen LogP contribution in [0.5, 0.6) is 0 Å². The third-order valence-electron chi connectivity index (χ3n) is 8.68. The SMILES string of the molecule is CCC(=O)c1cccc(Cc2ccc(CCC(=O)Cc3cc(C)c(C)cc3CCCC3CCCCC3)cc2)c1. The van der Waals surface area contributed by atoms with Crippen LogP contribution < -0.4 is 0 Å². The van der Waals surface area contributed by atoms with Crippen molar-refractivity contribution in [2.24, 2.45) is 5.92 Å². The van der Waals surface area contributed by atoms with Crippen LogP contribution in [-0.4, -0.2) is 11.6 Å². The van der Waals surface area contributed by atoms with Gasteiger partial charge in [0.2, 0.25) is 0 Å². The van der Waals surface area contributed by atoms with Crippen molar-refractivity contribution in [3.05, 3.63) is 105 Å². The zero-order chi connectivity index (χ0) is 27.6. The maximum absolute atomic E-state index is 13.0. The Morgan fingerprint density at radius 3 is 2.18 bits per heavy atom. The van der Waals surface area contributed by atoms with Crippen LogP contribution in [0.2, 0.25) is 0 Å². The molecule has 0 bridgehead atoms. The summed E-state index contributed by atoms with van der Waals surface area (Å²) >= 11 is 0. The molecule has 206 valence electrons. The van der Waals surface area contributed by atoms with E-state index in [1.54, 1.807) is 0 Å². The number of ketones is 2. The van der Waals surface area contributed by atoms with E-state index in [1.807, 2.05) is 25.1 Å². The maximum atomic E-state index is 13.0. The molecular weight excluding hydrogens is 476 g/mol. The van der Waals surface area contributed by atoms with Gasteiger partial charge in [0.05, 0.1) is 0 Å².